The lowest BCUT2D eigenvalue weighted by molar-refractivity contribution is 0.00769. The van der Waals surface area contributed by atoms with E-state index in [0.29, 0.717) is 19.1 Å². The maximum Gasteiger partial charge on any atom is 0.192 e. The molecule has 29 heavy (non-hydrogen) atoms. The van der Waals surface area contributed by atoms with E-state index in [9.17, 15) is 0 Å². The topological polar surface area (TPSA) is 43.3 Å². The largest absolute Gasteiger partial charge is 0.497 e. The van der Waals surface area contributed by atoms with Gasteiger partial charge in [0.2, 0.25) is 0 Å². The lowest BCUT2D eigenvalue weighted by Gasteiger charge is -2.41. The van der Waals surface area contributed by atoms with Gasteiger partial charge in [-0.3, -0.25) is 0 Å². The van der Waals surface area contributed by atoms with E-state index in [0.717, 1.165) is 24.2 Å². The first-order valence-corrected chi connectivity index (χ1v) is 13.5. The molecule has 0 saturated carbocycles. The number of hydrogen-bond acceptors (Lipinski definition) is 5. The molecule has 0 aromatic heterocycles. The Kier molecular flexibility index (Phi) is 10.4. The van der Waals surface area contributed by atoms with Crippen LogP contribution in [-0.2, 0) is 15.8 Å². The number of nitrogens with zero attached hydrogens (tertiary/aromatic N) is 2. The summed E-state index contributed by atoms with van der Waals surface area (Å²) in [7, 11) is 3.68. The van der Waals surface area contributed by atoms with E-state index < -0.39 is 8.32 Å². The van der Waals surface area contributed by atoms with Gasteiger partial charge >= 0.3 is 0 Å². The molecule has 0 unspecified atom stereocenters. The Bertz CT molecular complexity index is 610. The molecule has 0 aliphatic heterocycles. The maximum atomic E-state index is 6.76. The van der Waals surface area contributed by atoms with Gasteiger partial charge in [0, 0.05) is 20.3 Å². The van der Waals surface area contributed by atoms with E-state index in [1.807, 2.05) is 49.6 Å². The molecule has 0 fully saturated rings. The van der Waals surface area contributed by atoms with Gasteiger partial charge in [0.15, 0.2) is 8.32 Å². The summed E-state index contributed by atoms with van der Waals surface area (Å²) < 4.78 is 18.1. The van der Waals surface area contributed by atoms with E-state index in [4.69, 9.17) is 13.9 Å². The summed E-state index contributed by atoms with van der Waals surface area (Å²) in [5, 5.41) is 6.32. The fraction of sp³-hybridized carbons (Fsp3) is 0.696. The van der Waals surface area contributed by atoms with Crippen LogP contribution in [0.5, 0.6) is 5.75 Å². The lowest BCUT2D eigenvalue weighted by Crippen LogP contribution is -2.46. The Balaban J connectivity index is 2.72. The molecule has 166 valence electrons. The number of ether oxygens (including phenoxy) is 2. The molecule has 1 aromatic carbocycles. The van der Waals surface area contributed by atoms with Crippen molar-refractivity contribution in [3.05, 3.63) is 29.8 Å². The predicted molar refractivity (Wildman–Crippen MR) is 125 cm³/mol. The Morgan fingerprint density at radius 2 is 1.76 bits per heavy atom. The SMILES string of the molecule is COc1ccc(COC[C@@H](O[Si](C)(C)C(C)(C)C)[C@H](C)CC/C=N/N(C)C)cc1. The molecular formula is C23H42N2O3Si. The second-order valence-corrected chi connectivity index (χ2v) is 14.2. The summed E-state index contributed by atoms with van der Waals surface area (Å²) in [4.78, 5) is 0. The van der Waals surface area contributed by atoms with Gasteiger partial charge in [-0.2, -0.15) is 5.10 Å². The van der Waals surface area contributed by atoms with Crippen molar-refractivity contribution < 1.29 is 13.9 Å². The Morgan fingerprint density at radius 3 is 2.28 bits per heavy atom. The summed E-state index contributed by atoms with van der Waals surface area (Å²) in [6.45, 7) is 14.9. The van der Waals surface area contributed by atoms with Gasteiger partial charge in [-0.1, -0.05) is 39.8 Å². The Morgan fingerprint density at radius 1 is 1.14 bits per heavy atom. The minimum Gasteiger partial charge on any atom is -0.497 e. The molecule has 0 radical (unpaired) electrons. The van der Waals surface area contributed by atoms with Crippen LogP contribution < -0.4 is 4.74 Å². The first-order chi connectivity index (χ1) is 13.5. The van der Waals surface area contributed by atoms with Gasteiger partial charge in [-0.25, -0.2) is 0 Å². The van der Waals surface area contributed by atoms with Crippen molar-refractivity contribution in [2.45, 2.75) is 71.4 Å². The van der Waals surface area contributed by atoms with Crippen molar-refractivity contribution in [1.82, 2.24) is 5.01 Å². The van der Waals surface area contributed by atoms with Crippen LogP contribution in [0.4, 0.5) is 0 Å². The summed E-state index contributed by atoms with van der Waals surface area (Å²) in [5.74, 6) is 1.26. The molecule has 0 aliphatic carbocycles. The van der Waals surface area contributed by atoms with E-state index >= 15 is 0 Å². The van der Waals surface area contributed by atoms with Crippen LogP contribution in [0.15, 0.2) is 29.4 Å². The molecule has 1 aromatic rings. The monoisotopic (exact) mass is 422 g/mol. The Labute approximate surface area is 179 Å². The van der Waals surface area contributed by atoms with E-state index in [1.54, 1.807) is 7.11 Å². The fourth-order valence-corrected chi connectivity index (χ4v) is 4.04. The molecule has 0 saturated heterocycles. The van der Waals surface area contributed by atoms with Crippen LogP contribution in [0, 0.1) is 5.92 Å². The predicted octanol–water partition coefficient (Wildman–Crippen LogP) is 5.57. The van der Waals surface area contributed by atoms with E-state index in [-0.39, 0.29) is 11.1 Å². The summed E-state index contributed by atoms with van der Waals surface area (Å²) in [5.41, 5.74) is 1.14. The molecule has 0 bridgehead atoms. The highest BCUT2D eigenvalue weighted by molar-refractivity contribution is 6.74. The molecular weight excluding hydrogens is 380 g/mol. The molecule has 0 amide bonds. The lowest BCUT2D eigenvalue weighted by atomic mass is 10.00. The standard InChI is InChI=1S/C23H42N2O3Si/c1-19(11-10-16-24-25(5)6)22(28-29(8,9)23(2,3)4)18-27-17-20-12-14-21(26-7)15-13-20/h12-16,19,22H,10-11,17-18H2,1-9H3/b24-16+/t19-,22-/m1/s1. The Hall–Kier alpha value is -1.37. The number of hydrazone groups is 1. The smallest absolute Gasteiger partial charge is 0.192 e. The molecule has 5 nitrogen and oxygen atoms in total. The van der Waals surface area contributed by atoms with Gasteiger partial charge < -0.3 is 18.9 Å². The average Bonchev–Trinajstić information content (AvgIpc) is 2.63. The van der Waals surface area contributed by atoms with Crippen LogP contribution in [0.2, 0.25) is 18.1 Å². The second kappa shape index (κ2) is 11.7. The van der Waals surface area contributed by atoms with Gasteiger partial charge in [0.05, 0.1) is 26.4 Å². The summed E-state index contributed by atoms with van der Waals surface area (Å²) in [6.07, 6.45) is 4.04. The van der Waals surface area contributed by atoms with Crippen molar-refractivity contribution in [2.75, 3.05) is 27.8 Å². The highest BCUT2D eigenvalue weighted by Gasteiger charge is 2.40. The zero-order valence-electron chi connectivity index (χ0n) is 20.0. The molecule has 0 heterocycles. The van der Waals surface area contributed by atoms with Gasteiger partial charge in [-0.05, 0) is 54.6 Å². The molecule has 0 aliphatic rings. The highest BCUT2D eigenvalue weighted by atomic mass is 28.4. The van der Waals surface area contributed by atoms with Crippen LogP contribution in [0.25, 0.3) is 0 Å². The van der Waals surface area contributed by atoms with Gasteiger partial charge in [0.1, 0.15) is 5.75 Å². The normalized spacial score (nSPS) is 14.8. The third kappa shape index (κ3) is 9.32. The summed E-state index contributed by atoms with van der Waals surface area (Å²) >= 11 is 0. The van der Waals surface area contributed by atoms with Crippen LogP contribution in [0.1, 0.15) is 46.1 Å². The molecule has 0 spiro atoms. The number of benzene rings is 1. The molecule has 6 heteroatoms. The van der Waals surface area contributed by atoms with Crippen molar-refractivity contribution in [3.8, 4) is 5.75 Å². The van der Waals surface area contributed by atoms with Crippen molar-refractivity contribution in [1.29, 1.82) is 0 Å². The third-order valence-corrected chi connectivity index (χ3v) is 10.2. The van der Waals surface area contributed by atoms with Crippen LogP contribution in [0.3, 0.4) is 0 Å². The zero-order chi connectivity index (χ0) is 22.1. The zero-order valence-corrected chi connectivity index (χ0v) is 21.0. The number of methoxy groups -OCH3 is 1. The molecule has 1 rings (SSSR count). The highest BCUT2D eigenvalue weighted by Crippen LogP contribution is 2.38. The van der Waals surface area contributed by atoms with Gasteiger partial charge in [0.25, 0.3) is 0 Å². The first-order valence-electron chi connectivity index (χ1n) is 10.5. The van der Waals surface area contributed by atoms with Gasteiger partial charge in [-0.15, -0.1) is 0 Å². The van der Waals surface area contributed by atoms with Crippen molar-refractivity contribution >= 4 is 14.5 Å². The van der Waals surface area contributed by atoms with E-state index in [2.05, 4.69) is 45.9 Å². The van der Waals surface area contributed by atoms with Crippen LogP contribution >= 0.6 is 0 Å². The minimum absolute atomic E-state index is 0.0851. The van der Waals surface area contributed by atoms with Crippen molar-refractivity contribution in [3.63, 3.8) is 0 Å². The quantitative estimate of drug-likeness (QED) is 0.251. The van der Waals surface area contributed by atoms with Crippen molar-refractivity contribution in [2.24, 2.45) is 11.0 Å². The average molecular weight is 423 g/mol. The van der Waals surface area contributed by atoms with Crippen LogP contribution in [-0.4, -0.2) is 53.5 Å². The molecule has 0 N–H and O–H groups in total. The van der Waals surface area contributed by atoms with E-state index in [1.165, 1.54) is 0 Å². The first kappa shape index (κ1) is 25.7. The third-order valence-electron chi connectivity index (χ3n) is 5.66. The maximum absolute atomic E-state index is 6.76. The number of hydrogen-bond donors (Lipinski definition) is 0. The molecule has 2 atom stereocenters. The minimum atomic E-state index is -1.88. The number of rotatable bonds is 12. The fourth-order valence-electron chi connectivity index (χ4n) is 2.63. The second-order valence-electron chi connectivity index (χ2n) is 9.48. The summed E-state index contributed by atoms with van der Waals surface area (Å²) in [6, 6.07) is 8.03.